The van der Waals surface area contributed by atoms with Crippen molar-refractivity contribution < 1.29 is 0 Å². The second-order valence-corrected chi connectivity index (χ2v) is 9.72. The van der Waals surface area contributed by atoms with E-state index in [-0.39, 0.29) is 0 Å². The molecule has 9 rings (SSSR count). The first-order valence-electron chi connectivity index (χ1n) is 12.0. The molecule has 35 heavy (non-hydrogen) atoms. The average Bonchev–Trinajstić information content (AvgIpc) is 3.58. The summed E-state index contributed by atoms with van der Waals surface area (Å²) in [4.78, 5) is 13.9. The second-order valence-electron chi connectivity index (χ2n) is 9.72. The maximum atomic E-state index is 5.10. The second kappa shape index (κ2) is 6.10. The van der Waals surface area contributed by atoms with E-state index >= 15 is 0 Å². The Labute approximate surface area is 200 Å². The minimum atomic E-state index is 0.911. The van der Waals surface area contributed by atoms with E-state index in [2.05, 4.69) is 69.0 Å². The average molecular weight is 447 g/mol. The van der Waals surface area contributed by atoms with Crippen molar-refractivity contribution in [3.8, 4) is 22.3 Å². The maximum Gasteiger partial charge on any atom is 0.146 e. The number of imidazole rings is 1. The van der Waals surface area contributed by atoms with Crippen LogP contribution >= 0.6 is 0 Å². The summed E-state index contributed by atoms with van der Waals surface area (Å²) in [6.07, 6.45) is 9.47. The molecule has 0 atom stereocenters. The largest absolute Gasteiger partial charge is 0.290 e. The molecule has 0 radical (unpaired) electrons. The minimum Gasteiger partial charge on any atom is -0.290 e. The Morgan fingerprint density at radius 1 is 0.629 bits per heavy atom. The summed E-state index contributed by atoms with van der Waals surface area (Å²) in [6.45, 7) is 0. The first-order valence-corrected chi connectivity index (χ1v) is 12.0. The van der Waals surface area contributed by atoms with Crippen molar-refractivity contribution in [1.29, 1.82) is 0 Å². The van der Waals surface area contributed by atoms with Crippen LogP contribution in [0.4, 0.5) is 0 Å². The molecule has 4 aromatic heterocycles. The van der Waals surface area contributed by atoms with Crippen LogP contribution in [0.2, 0.25) is 0 Å². The van der Waals surface area contributed by atoms with E-state index in [1.807, 2.05) is 30.9 Å². The Bertz CT molecular complexity index is 2070. The Morgan fingerprint density at radius 2 is 1.46 bits per heavy atom. The molecular weight excluding hydrogens is 428 g/mol. The summed E-state index contributed by atoms with van der Waals surface area (Å²) in [5.41, 5.74) is 15.2. The topological polar surface area (TPSA) is 43.1 Å². The lowest BCUT2D eigenvalue weighted by Gasteiger charge is -2.12. The van der Waals surface area contributed by atoms with Gasteiger partial charge in [0.05, 0.1) is 23.4 Å². The van der Waals surface area contributed by atoms with Crippen molar-refractivity contribution in [2.45, 2.75) is 12.8 Å². The van der Waals surface area contributed by atoms with Crippen LogP contribution in [-0.4, -0.2) is 19.4 Å². The lowest BCUT2D eigenvalue weighted by atomic mass is 9.96. The number of nitrogens with zero attached hydrogens (tertiary/aromatic N) is 4. The highest BCUT2D eigenvalue weighted by Crippen LogP contribution is 2.47. The Hall–Kier alpha value is -4.57. The number of aromatic nitrogens is 4. The summed E-state index contributed by atoms with van der Waals surface area (Å²) in [5, 5.41) is 3.69. The fourth-order valence-electron chi connectivity index (χ4n) is 6.52. The molecule has 7 aromatic rings. The van der Waals surface area contributed by atoms with E-state index in [4.69, 9.17) is 4.98 Å². The van der Waals surface area contributed by atoms with Gasteiger partial charge in [-0.1, -0.05) is 36.4 Å². The van der Waals surface area contributed by atoms with E-state index in [0.29, 0.717) is 0 Å². The maximum absolute atomic E-state index is 5.10. The molecular formula is C31H18N4. The molecule has 162 valence electrons. The molecule has 0 amide bonds. The van der Waals surface area contributed by atoms with Crippen molar-refractivity contribution in [3.63, 3.8) is 0 Å². The van der Waals surface area contributed by atoms with E-state index < -0.39 is 0 Å². The van der Waals surface area contributed by atoms with Gasteiger partial charge < -0.3 is 0 Å². The van der Waals surface area contributed by atoms with Gasteiger partial charge in [0.2, 0.25) is 0 Å². The monoisotopic (exact) mass is 446 g/mol. The van der Waals surface area contributed by atoms with Gasteiger partial charge in [0, 0.05) is 23.2 Å². The van der Waals surface area contributed by atoms with Gasteiger partial charge in [0.15, 0.2) is 0 Å². The standard InChI is InChI=1S/C31H18N4/c1-2-4-20-17(3-1)11-18-12-25-19(13-24(18)20)14-26-21(25)5-6-23-22-7-9-33-16-29(22)35-28-8-10-32-15-27(28)34-31(35)30(23)26/h1-10,12-13,15-16H,11,14H2. The van der Waals surface area contributed by atoms with Gasteiger partial charge in [-0.25, -0.2) is 4.98 Å². The molecule has 2 aliphatic carbocycles. The first kappa shape index (κ1) is 17.8. The Balaban J connectivity index is 1.40. The summed E-state index contributed by atoms with van der Waals surface area (Å²) in [6, 6.07) is 22.5. The van der Waals surface area contributed by atoms with Crippen LogP contribution in [0.3, 0.4) is 0 Å². The van der Waals surface area contributed by atoms with Crippen molar-refractivity contribution in [2.75, 3.05) is 0 Å². The highest BCUT2D eigenvalue weighted by Gasteiger charge is 2.28. The molecule has 0 aliphatic heterocycles. The van der Waals surface area contributed by atoms with E-state index in [1.165, 1.54) is 60.7 Å². The molecule has 4 heterocycles. The van der Waals surface area contributed by atoms with Crippen molar-refractivity contribution in [1.82, 2.24) is 19.4 Å². The van der Waals surface area contributed by atoms with Gasteiger partial charge in [0.25, 0.3) is 0 Å². The summed E-state index contributed by atoms with van der Waals surface area (Å²) in [5.74, 6) is 0. The molecule has 3 aromatic carbocycles. The van der Waals surface area contributed by atoms with Gasteiger partial charge in [-0.05, 0) is 87.0 Å². The number of pyridine rings is 3. The molecule has 4 heteroatoms. The van der Waals surface area contributed by atoms with E-state index in [9.17, 15) is 0 Å². The summed E-state index contributed by atoms with van der Waals surface area (Å²) in [7, 11) is 0. The predicted molar refractivity (Wildman–Crippen MR) is 140 cm³/mol. The normalized spacial score (nSPS) is 13.5. The fourth-order valence-corrected chi connectivity index (χ4v) is 6.52. The van der Waals surface area contributed by atoms with E-state index in [0.717, 1.165) is 35.0 Å². The molecule has 4 nitrogen and oxygen atoms in total. The van der Waals surface area contributed by atoms with Crippen LogP contribution in [0, 0.1) is 0 Å². The zero-order valence-electron chi connectivity index (χ0n) is 18.8. The summed E-state index contributed by atoms with van der Waals surface area (Å²) < 4.78 is 2.27. The number of hydrogen-bond acceptors (Lipinski definition) is 3. The van der Waals surface area contributed by atoms with Crippen molar-refractivity contribution >= 4 is 38.4 Å². The lowest BCUT2D eigenvalue weighted by Crippen LogP contribution is -1.95. The molecule has 2 aliphatic rings. The quantitative estimate of drug-likeness (QED) is 0.243. The first-order chi connectivity index (χ1) is 17.3. The zero-order valence-corrected chi connectivity index (χ0v) is 18.8. The highest BCUT2D eigenvalue weighted by molar-refractivity contribution is 6.16. The number of benzene rings is 3. The number of fused-ring (bicyclic) bond motifs is 15. The third-order valence-electron chi connectivity index (χ3n) is 8.00. The van der Waals surface area contributed by atoms with Gasteiger partial charge >= 0.3 is 0 Å². The third kappa shape index (κ3) is 2.15. The Kier molecular flexibility index (Phi) is 3.11. The molecule has 0 unspecified atom stereocenters. The van der Waals surface area contributed by atoms with Crippen LogP contribution in [0.1, 0.15) is 22.3 Å². The van der Waals surface area contributed by atoms with Crippen LogP contribution in [0.15, 0.2) is 85.5 Å². The number of rotatable bonds is 0. The fraction of sp³-hybridized carbons (Fsp3) is 0.0645. The van der Waals surface area contributed by atoms with Gasteiger partial charge in [-0.2, -0.15) is 0 Å². The van der Waals surface area contributed by atoms with Gasteiger partial charge in [-0.3, -0.25) is 14.4 Å². The molecule has 0 fully saturated rings. The molecule has 0 bridgehead atoms. The molecule has 0 saturated carbocycles. The van der Waals surface area contributed by atoms with Crippen LogP contribution < -0.4 is 0 Å². The zero-order chi connectivity index (χ0) is 22.7. The van der Waals surface area contributed by atoms with Crippen LogP contribution in [0.25, 0.3) is 60.6 Å². The Morgan fingerprint density at radius 3 is 2.43 bits per heavy atom. The molecule has 0 N–H and O–H groups in total. The van der Waals surface area contributed by atoms with Crippen LogP contribution in [0.5, 0.6) is 0 Å². The van der Waals surface area contributed by atoms with Gasteiger partial charge in [-0.15, -0.1) is 0 Å². The minimum absolute atomic E-state index is 0.911. The smallest absolute Gasteiger partial charge is 0.146 e. The molecule has 0 spiro atoms. The van der Waals surface area contributed by atoms with Gasteiger partial charge in [0.1, 0.15) is 11.2 Å². The van der Waals surface area contributed by atoms with Crippen molar-refractivity contribution in [2.24, 2.45) is 0 Å². The van der Waals surface area contributed by atoms with E-state index in [1.54, 1.807) is 0 Å². The SMILES string of the molecule is c1ccc2c(c1)Cc1cc3c(cc1-2)Cc1c-3ccc2c3ccncc3n3c4ccncc4nc3c12. The molecule has 0 saturated heterocycles. The predicted octanol–water partition coefficient (Wildman–Crippen LogP) is 6.73. The van der Waals surface area contributed by atoms with Crippen molar-refractivity contribution in [3.05, 3.63) is 108 Å². The van der Waals surface area contributed by atoms with Crippen LogP contribution in [-0.2, 0) is 12.8 Å². The lowest BCUT2D eigenvalue weighted by molar-refractivity contribution is 1.24. The number of hydrogen-bond donors (Lipinski definition) is 0. The highest BCUT2D eigenvalue weighted by atomic mass is 15.0. The third-order valence-corrected chi connectivity index (χ3v) is 8.00. The summed E-state index contributed by atoms with van der Waals surface area (Å²) >= 11 is 0.